The molecule has 0 radical (unpaired) electrons. The number of ether oxygens (including phenoxy) is 1. The highest BCUT2D eigenvalue weighted by Gasteiger charge is 2.27. The van der Waals surface area contributed by atoms with Crippen LogP contribution >= 0.6 is 0 Å². The Bertz CT molecular complexity index is 594. The first-order valence-corrected chi connectivity index (χ1v) is 6.45. The number of carbonyl (C=O) groups is 4. The molecular weight excluding hydrogens is 276 g/mol. The average molecular weight is 290 g/mol. The number of piperazine rings is 1. The van der Waals surface area contributed by atoms with E-state index in [9.17, 15) is 19.2 Å². The zero-order chi connectivity index (χ0) is 15.4. The predicted molar refractivity (Wildman–Crippen MR) is 72.8 cm³/mol. The molecule has 1 fully saturated rings. The molecule has 1 aromatic carbocycles. The second kappa shape index (κ2) is 6.17. The van der Waals surface area contributed by atoms with E-state index in [1.165, 1.54) is 29.2 Å². The third-order valence-corrected chi connectivity index (χ3v) is 2.96. The van der Waals surface area contributed by atoms with Crippen molar-refractivity contribution in [3.63, 3.8) is 0 Å². The fourth-order valence-corrected chi connectivity index (χ4v) is 1.93. The lowest BCUT2D eigenvalue weighted by atomic mass is 10.1. The molecular formula is C14H14N2O5. The van der Waals surface area contributed by atoms with E-state index < -0.39 is 23.6 Å². The van der Waals surface area contributed by atoms with Crippen molar-refractivity contribution in [1.29, 1.82) is 0 Å². The predicted octanol–water partition coefficient (Wildman–Crippen LogP) is -0.105. The molecule has 0 spiro atoms. The van der Waals surface area contributed by atoms with Crippen molar-refractivity contribution >= 4 is 29.3 Å². The van der Waals surface area contributed by atoms with Crippen molar-refractivity contribution < 1.29 is 23.9 Å². The molecule has 0 atom stereocenters. The molecule has 0 aliphatic carbocycles. The summed E-state index contributed by atoms with van der Waals surface area (Å²) in [6.45, 7) is 2.46. The van der Waals surface area contributed by atoms with E-state index in [1.807, 2.05) is 0 Å². The molecule has 0 aromatic heterocycles. The number of rotatable bonds is 4. The van der Waals surface area contributed by atoms with Crippen LogP contribution in [0.4, 0.5) is 5.69 Å². The molecule has 2 amide bonds. The van der Waals surface area contributed by atoms with Gasteiger partial charge in [-0.25, -0.2) is 4.79 Å². The van der Waals surface area contributed by atoms with Crippen LogP contribution in [0.25, 0.3) is 0 Å². The molecule has 7 heteroatoms. The third kappa shape index (κ3) is 3.07. The summed E-state index contributed by atoms with van der Waals surface area (Å²) in [5.74, 6) is -2.97. The Kier molecular flexibility index (Phi) is 4.32. The molecule has 1 aromatic rings. The van der Waals surface area contributed by atoms with Gasteiger partial charge in [0.25, 0.3) is 5.78 Å². The summed E-state index contributed by atoms with van der Waals surface area (Å²) in [7, 11) is 0. The molecule has 0 bridgehead atoms. The summed E-state index contributed by atoms with van der Waals surface area (Å²) >= 11 is 0. The number of nitrogens with zero attached hydrogens (tertiary/aromatic N) is 1. The van der Waals surface area contributed by atoms with Crippen LogP contribution in [0, 0.1) is 0 Å². The van der Waals surface area contributed by atoms with Gasteiger partial charge in [-0.2, -0.15) is 0 Å². The standard InChI is InChI=1S/C14H14N2O5/c1-2-21-14(20)11(17)9-3-5-10(6-4-9)16-8-7-15-12(18)13(16)19/h3-6H,2,7-8H2,1H3,(H,15,18). The maximum absolute atomic E-state index is 11.7. The normalized spacial score (nSPS) is 14.6. The van der Waals surface area contributed by atoms with E-state index >= 15 is 0 Å². The molecule has 110 valence electrons. The Morgan fingerprint density at radius 3 is 2.52 bits per heavy atom. The Labute approximate surface area is 120 Å². The molecule has 1 aliphatic rings. The van der Waals surface area contributed by atoms with Gasteiger partial charge >= 0.3 is 17.8 Å². The minimum atomic E-state index is -0.918. The summed E-state index contributed by atoms with van der Waals surface area (Å²) in [5, 5.41) is 2.44. The molecule has 2 rings (SSSR count). The molecule has 7 nitrogen and oxygen atoms in total. The minimum Gasteiger partial charge on any atom is -0.460 e. The van der Waals surface area contributed by atoms with Crippen LogP contribution in [0.3, 0.4) is 0 Å². The van der Waals surface area contributed by atoms with Crippen LogP contribution in [0.2, 0.25) is 0 Å². The van der Waals surface area contributed by atoms with Gasteiger partial charge in [-0.1, -0.05) is 0 Å². The highest BCUT2D eigenvalue weighted by atomic mass is 16.5. The fraction of sp³-hybridized carbons (Fsp3) is 0.286. The molecule has 1 N–H and O–H groups in total. The Morgan fingerprint density at radius 1 is 1.24 bits per heavy atom. The summed E-state index contributed by atoms with van der Waals surface area (Å²) in [6, 6.07) is 5.88. The molecule has 1 saturated heterocycles. The van der Waals surface area contributed by atoms with E-state index in [0.29, 0.717) is 18.8 Å². The van der Waals surface area contributed by atoms with Crippen molar-refractivity contribution in [2.45, 2.75) is 6.92 Å². The Morgan fingerprint density at radius 2 is 1.90 bits per heavy atom. The number of ketones is 1. The number of hydrogen-bond donors (Lipinski definition) is 1. The van der Waals surface area contributed by atoms with E-state index in [-0.39, 0.29) is 12.2 Å². The summed E-state index contributed by atoms with van der Waals surface area (Å²) in [4.78, 5) is 47.4. The molecule has 21 heavy (non-hydrogen) atoms. The van der Waals surface area contributed by atoms with Crippen molar-refractivity contribution in [3.05, 3.63) is 29.8 Å². The zero-order valence-corrected chi connectivity index (χ0v) is 11.4. The van der Waals surface area contributed by atoms with E-state index in [0.717, 1.165) is 0 Å². The van der Waals surface area contributed by atoms with Gasteiger partial charge in [0, 0.05) is 24.3 Å². The van der Waals surface area contributed by atoms with Crippen molar-refractivity contribution in [2.75, 3.05) is 24.6 Å². The van der Waals surface area contributed by atoms with Crippen LogP contribution < -0.4 is 10.2 Å². The number of Topliss-reactive ketones (excluding diaryl/α,β-unsaturated/α-hetero) is 1. The zero-order valence-electron chi connectivity index (χ0n) is 11.4. The SMILES string of the molecule is CCOC(=O)C(=O)c1ccc(N2CCNC(=O)C2=O)cc1. The van der Waals surface area contributed by atoms with Gasteiger partial charge in [0.05, 0.1) is 6.61 Å². The van der Waals surface area contributed by atoms with Crippen LogP contribution in [-0.4, -0.2) is 43.3 Å². The third-order valence-electron chi connectivity index (χ3n) is 2.96. The lowest BCUT2D eigenvalue weighted by Gasteiger charge is -2.26. The van der Waals surface area contributed by atoms with Gasteiger partial charge in [-0.05, 0) is 31.2 Å². The second-order valence-electron chi connectivity index (χ2n) is 4.31. The van der Waals surface area contributed by atoms with Crippen LogP contribution in [0.5, 0.6) is 0 Å². The number of anilines is 1. The first-order chi connectivity index (χ1) is 10.0. The van der Waals surface area contributed by atoms with E-state index in [1.54, 1.807) is 6.92 Å². The van der Waals surface area contributed by atoms with Crippen molar-refractivity contribution in [2.24, 2.45) is 0 Å². The maximum atomic E-state index is 11.7. The number of benzene rings is 1. The second-order valence-corrected chi connectivity index (χ2v) is 4.31. The van der Waals surface area contributed by atoms with Crippen molar-refractivity contribution in [3.8, 4) is 0 Å². The largest absolute Gasteiger partial charge is 0.460 e. The number of amides is 2. The van der Waals surface area contributed by atoms with Gasteiger partial charge in [0.15, 0.2) is 0 Å². The van der Waals surface area contributed by atoms with Gasteiger partial charge < -0.3 is 15.0 Å². The lowest BCUT2D eigenvalue weighted by molar-refractivity contribution is -0.138. The number of hydrogen-bond acceptors (Lipinski definition) is 5. The van der Waals surface area contributed by atoms with Crippen molar-refractivity contribution in [1.82, 2.24) is 5.32 Å². The summed E-state index contributed by atoms with van der Waals surface area (Å²) in [6.07, 6.45) is 0. The van der Waals surface area contributed by atoms with Gasteiger partial charge in [0.1, 0.15) is 0 Å². The van der Waals surface area contributed by atoms with Crippen LogP contribution in [-0.2, 0) is 19.1 Å². The summed E-state index contributed by atoms with van der Waals surface area (Å²) in [5.41, 5.74) is 0.668. The molecule has 0 unspecified atom stereocenters. The molecule has 1 aliphatic heterocycles. The average Bonchev–Trinajstić information content (AvgIpc) is 2.50. The minimum absolute atomic E-state index is 0.125. The maximum Gasteiger partial charge on any atom is 0.379 e. The monoisotopic (exact) mass is 290 g/mol. The van der Waals surface area contributed by atoms with E-state index in [4.69, 9.17) is 0 Å². The first kappa shape index (κ1) is 14.7. The molecule has 0 saturated carbocycles. The number of nitrogens with one attached hydrogen (secondary N) is 1. The van der Waals surface area contributed by atoms with Crippen LogP contribution in [0.15, 0.2) is 24.3 Å². The Balaban J connectivity index is 2.15. The lowest BCUT2D eigenvalue weighted by Crippen LogP contribution is -2.52. The van der Waals surface area contributed by atoms with E-state index in [2.05, 4.69) is 10.1 Å². The smallest absolute Gasteiger partial charge is 0.379 e. The first-order valence-electron chi connectivity index (χ1n) is 6.45. The Hall–Kier alpha value is -2.70. The fourth-order valence-electron chi connectivity index (χ4n) is 1.93. The highest BCUT2D eigenvalue weighted by molar-refractivity contribution is 6.41. The number of carbonyl (C=O) groups excluding carboxylic acids is 4. The summed E-state index contributed by atoms with van der Waals surface area (Å²) < 4.78 is 4.63. The highest BCUT2D eigenvalue weighted by Crippen LogP contribution is 2.17. The van der Waals surface area contributed by atoms with Crippen LogP contribution in [0.1, 0.15) is 17.3 Å². The number of esters is 1. The van der Waals surface area contributed by atoms with Gasteiger partial charge in [-0.15, -0.1) is 0 Å². The topological polar surface area (TPSA) is 92.8 Å². The van der Waals surface area contributed by atoms with Gasteiger partial charge in [-0.3, -0.25) is 14.4 Å². The molecule has 1 heterocycles. The van der Waals surface area contributed by atoms with Gasteiger partial charge in [0.2, 0.25) is 0 Å². The quantitative estimate of drug-likeness (QED) is 0.474.